The normalized spacial score (nSPS) is 9.88. The topological polar surface area (TPSA) is 62.8 Å². The molecule has 0 aliphatic rings. The fourth-order valence-electron chi connectivity index (χ4n) is 1.52. The van der Waals surface area contributed by atoms with Crippen molar-refractivity contribution in [3.8, 4) is 0 Å². The molecule has 0 fully saturated rings. The Morgan fingerprint density at radius 1 is 1.38 bits per heavy atom. The Morgan fingerprint density at radius 2 is 2.06 bits per heavy atom. The van der Waals surface area contributed by atoms with Gasteiger partial charge in [0.15, 0.2) is 0 Å². The van der Waals surface area contributed by atoms with Gasteiger partial charge in [-0.15, -0.1) is 12.4 Å². The molecule has 2 aromatic rings. The number of fused-ring (bicyclic) bond motifs is 1. The van der Waals surface area contributed by atoms with E-state index < -0.39 is 0 Å². The second-order valence-corrected chi connectivity index (χ2v) is 3.84. The summed E-state index contributed by atoms with van der Waals surface area (Å²) in [7, 11) is 0. The molecule has 0 saturated carbocycles. The molecule has 84 valence electrons. The summed E-state index contributed by atoms with van der Waals surface area (Å²) in [6.07, 6.45) is 0. The van der Waals surface area contributed by atoms with Crippen LogP contribution >= 0.6 is 24.0 Å². The van der Waals surface area contributed by atoms with Crippen molar-refractivity contribution in [2.24, 2.45) is 5.73 Å². The summed E-state index contributed by atoms with van der Waals surface area (Å²) >= 11 is 5.93. The molecule has 1 heterocycles. The number of aromatic nitrogens is 1. The summed E-state index contributed by atoms with van der Waals surface area (Å²) < 4.78 is 0. The van der Waals surface area contributed by atoms with E-state index in [4.69, 9.17) is 22.7 Å². The highest BCUT2D eigenvalue weighted by atomic mass is 35.5. The lowest BCUT2D eigenvalue weighted by Crippen LogP contribution is -2.12. The van der Waals surface area contributed by atoms with Crippen molar-refractivity contribution >= 4 is 40.7 Å². The van der Waals surface area contributed by atoms with Crippen molar-refractivity contribution < 1.29 is 0 Å². The van der Waals surface area contributed by atoms with E-state index in [2.05, 4.69) is 4.98 Å². The van der Waals surface area contributed by atoms with Gasteiger partial charge in [-0.25, -0.2) is 4.98 Å². The molecule has 0 radical (unpaired) electrons. The number of hydrogen-bond donors (Lipinski definition) is 2. The standard InChI is InChI=1S/C11H10ClN3.ClH/c1-6-4-8(12)5-7-2-3-9(11(13)14)15-10(6)7;/h2-5H,1H3,(H3,13,14);1H. The van der Waals surface area contributed by atoms with Gasteiger partial charge in [-0.1, -0.05) is 17.7 Å². The summed E-state index contributed by atoms with van der Waals surface area (Å²) in [5.41, 5.74) is 7.70. The average molecular weight is 256 g/mol. The molecule has 3 nitrogen and oxygen atoms in total. The monoisotopic (exact) mass is 255 g/mol. The molecule has 0 spiro atoms. The van der Waals surface area contributed by atoms with Gasteiger partial charge in [0.2, 0.25) is 0 Å². The molecule has 2 rings (SSSR count). The van der Waals surface area contributed by atoms with Gasteiger partial charge < -0.3 is 5.73 Å². The lowest BCUT2D eigenvalue weighted by molar-refractivity contribution is 1.29. The van der Waals surface area contributed by atoms with E-state index in [0.29, 0.717) is 10.7 Å². The molecular formula is C11H11Cl2N3. The highest BCUT2D eigenvalue weighted by Crippen LogP contribution is 2.22. The number of halogens is 2. The Bertz CT molecular complexity index is 552. The zero-order valence-corrected chi connectivity index (χ0v) is 10.2. The first-order valence-corrected chi connectivity index (χ1v) is 4.87. The molecular weight excluding hydrogens is 245 g/mol. The molecule has 0 unspecified atom stereocenters. The lowest BCUT2D eigenvalue weighted by atomic mass is 10.1. The number of amidine groups is 1. The lowest BCUT2D eigenvalue weighted by Gasteiger charge is -2.04. The predicted molar refractivity (Wildman–Crippen MR) is 69.8 cm³/mol. The highest BCUT2D eigenvalue weighted by Gasteiger charge is 2.04. The molecule has 0 aliphatic heterocycles. The number of nitrogen functional groups attached to an aromatic ring is 1. The molecule has 0 atom stereocenters. The molecule has 0 bridgehead atoms. The summed E-state index contributed by atoms with van der Waals surface area (Å²) in [5, 5.41) is 8.97. The smallest absolute Gasteiger partial charge is 0.141 e. The van der Waals surface area contributed by atoms with Gasteiger partial charge in [0.1, 0.15) is 11.5 Å². The van der Waals surface area contributed by atoms with E-state index in [1.807, 2.05) is 25.1 Å². The highest BCUT2D eigenvalue weighted by molar-refractivity contribution is 6.31. The maximum absolute atomic E-state index is 7.31. The van der Waals surface area contributed by atoms with Gasteiger partial charge in [-0.2, -0.15) is 0 Å². The van der Waals surface area contributed by atoms with E-state index in [-0.39, 0.29) is 18.2 Å². The van der Waals surface area contributed by atoms with E-state index in [1.54, 1.807) is 6.07 Å². The summed E-state index contributed by atoms with van der Waals surface area (Å²) in [6.45, 7) is 1.94. The van der Waals surface area contributed by atoms with Gasteiger partial charge in [-0.3, -0.25) is 5.41 Å². The Kier molecular flexibility index (Phi) is 3.73. The number of nitrogens with one attached hydrogen (secondary N) is 1. The Morgan fingerprint density at radius 3 is 2.69 bits per heavy atom. The van der Waals surface area contributed by atoms with Crippen LogP contribution in [0.2, 0.25) is 5.02 Å². The maximum atomic E-state index is 7.31. The van der Waals surface area contributed by atoms with Crippen LogP contribution in [-0.2, 0) is 0 Å². The van der Waals surface area contributed by atoms with Crippen LogP contribution in [0.5, 0.6) is 0 Å². The van der Waals surface area contributed by atoms with Crippen molar-refractivity contribution in [1.29, 1.82) is 5.41 Å². The van der Waals surface area contributed by atoms with Crippen LogP contribution < -0.4 is 5.73 Å². The fraction of sp³-hybridized carbons (Fsp3) is 0.0909. The van der Waals surface area contributed by atoms with E-state index in [9.17, 15) is 0 Å². The van der Waals surface area contributed by atoms with E-state index in [1.165, 1.54) is 0 Å². The van der Waals surface area contributed by atoms with Crippen molar-refractivity contribution in [3.63, 3.8) is 0 Å². The van der Waals surface area contributed by atoms with Crippen LogP contribution in [0.25, 0.3) is 10.9 Å². The molecule has 16 heavy (non-hydrogen) atoms. The largest absolute Gasteiger partial charge is 0.382 e. The van der Waals surface area contributed by atoms with Crippen LogP contribution in [-0.4, -0.2) is 10.8 Å². The fourth-order valence-corrected chi connectivity index (χ4v) is 1.80. The molecule has 5 heteroatoms. The molecule has 3 N–H and O–H groups in total. The Hall–Kier alpha value is -1.32. The first kappa shape index (κ1) is 12.7. The minimum absolute atomic E-state index is 0. The van der Waals surface area contributed by atoms with Crippen molar-refractivity contribution in [1.82, 2.24) is 4.98 Å². The van der Waals surface area contributed by atoms with Gasteiger partial charge in [0, 0.05) is 10.4 Å². The van der Waals surface area contributed by atoms with Gasteiger partial charge in [-0.05, 0) is 30.7 Å². The number of nitrogens with zero attached hydrogens (tertiary/aromatic N) is 1. The Labute approximate surface area is 105 Å². The minimum Gasteiger partial charge on any atom is -0.382 e. The van der Waals surface area contributed by atoms with Crippen LogP contribution in [0.15, 0.2) is 24.3 Å². The minimum atomic E-state index is -0.0220. The summed E-state index contributed by atoms with van der Waals surface area (Å²) in [5.74, 6) is -0.0220. The van der Waals surface area contributed by atoms with E-state index >= 15 is 0 Å². The number of rotatable bonds is 1. The number of aryl methyl sites for hydroxylation is 1. The van der Waals surface area contributed by atoms with Crippen molar-refractivity contribution in [3.05, 3.63) is 40.5 Å². The number of benzene rings is 1. The van der Waals surface area contributed by atoms with Crippen LogP contribution in [0.1, 0.15) is 11.3 Å². The third kappa shape index (κ3) is 2.26. The second-order valence-electron chi connectivity index (χ2n) is 3.40. The third-order valence-electron chi connectivity index (χ3n) is 2.22. The van der Waals surface area contributed by atoms with E-state index in [0.717, 1.165) is 16.5 Å². The molecule has 0 amide bonds. The first-order chi connectivity index (χ1) is 7.08. The van der Waals surface area contributed by atoms with Crippen LogP contribution in [0.4, 0.5) is 0 Å². The molecule has 1 aromatic heterocycles. The van der Waals surface area contributed by atoms with Crippen LogP contribution in [0.3, 0.4) is 0 Å². The number of pyridine rings is 1. The quantitative estimate of drug-likeness (QED) is 0.608. The zero-order valence-electron chi connectivity index (χ0n) is 8.62. The molecule has 0 aliphatic carbocycles. The molecule has 1 aromatic carbocycles. The maximum Gasteiger partial charge on any atom is 0.141 e. The number of nitrogens with two attached hydrogens (primary N) is 1. The summed E-state index contributed by atoms with van der Waals surface area (Å²) in [4.78, 5) is 4.31. The van der Waals surface area contributed by atoms with Gasteiger partial charge in [0.05, 0.1) is 5.52 Å². The van der Waals surface area contributed by atoms with Crippen LogP contribution in [0, 0.1) is 12.3 Å². The van der Waals surface area contributed by atoms with Crippen molar-refractivity contribution in [2.75, 3.05) is 0 Å². The third-order valence-corrected chi connectivity index (χ3v) is 2.44. The number of hydrogen-bond acceptors (Lipinski definition) is 2. The predicted octanol–water partition coefficient (Wildman–Crippen LogP) is 2.90. The zero-order chi connectivity index (χ0) is 11.0. The van der Waals surface area contributed by atoms with Crippen molar-refractivity contribution in [2.45, 2.75) is 6.92 Å². The Balaban J connectivity index is 0.00000128. The second kappa shape index (κ2) is 4.68. The first-order valence-electron chi connectivity index (χ1n) is 4.49. The van der Waals surface area contributed by atoms with Gasteiger partial charge >= 0.3 is 0 Å². The molecule has 0 saturated heterocycles. The average Bonchev–Trinajstić information content (AvgIpc) is 2.16. The summed E-state index contributed by atoms with van der Waals surface area (Å²) in [6, 6.07) is 7.29. The SMILES string of the molecule is Cc1cc(Cl)cc2ccc(C(=N)N)nc12.Cl. The van der Waals surface area contributed by atoms with Gasteiger partial charge in [0.25, 0.3) is 0 Å².